The van der Waals surface area contributed by atoms with Crippen molar-refractivity contribution in [2.75, 3.05) is 11.9 Å². The summed E-state index contributed by atoms with van der Waals surface area (Å²) in [6.45, 7) is 2.02. The van der Waals surface area contributed by atoms with Crippen LogP contribution in [0.25, 0.3) is 28.1 Å². The van der Waals surface area contributed by atoms with E-state index in [1.165, 1.54) is 12.3 Å². The Morgan fingerprint density at radius 2 is 2.10 bits per heavy atom. The van der Waals surface area contributed by atoms with Crippen LogP contribution in [0.4, 0.5) is 5.82 Å². The Morgan fingerprint density at radius 3 is 2.84 bits per heavy atom. The minimum absolute atomic E-state index is 0.207. The molecule has 8 nitrogen and oxygen atoms in total. The van der Waals surface area contributed by atoms with Crippen molar-refractivity contribution >= 4 is 28.5 Å². The standard InChI is InChI=1S/C23H22N6O2/c1-13-7-8-19(25-12-13)28(2)18-6-4-5-14-21(18)27-29(3)22(14)17-11-16-20(26-17)15(23(30)31)9-10-24-16/h6-12,26H,4-5H2,1-3H3,(H,30,31). The molecule has 1 aliphatic carbocycles. The van der Waals surface area contributed by atoms with E-state index >= 15 is 0 Å². The van der Waals surface area contributed by atoms with Gasteiger partial charge in [0.2, 0.25) is 0 Å². The highest BCUT2D eigenvalue weighted by atomic mass is 16.4. The molecule has 8 heteroatoms. The summed E-state index contributed by atoms with van der Waals surface area (Å²) in [6.07, 6.45) is 7.31. The molecule has 0 unspecified atom stereocenters. The first-order valence-electron chi connectivity index (χ1n) is 10.1. The molecule has 0 fully saturated rings. The number of aryl methyl sites for hydroxylation is 2. The van der Waals surface area contributed by atoms with Gasteiger partial charge in [0.25, 0.3) is 0 Å². The smallest absolute Gasteiger partial charge is 0.337 e. The molecule has 4 heterocycles. The predicted molar refractivity (Wildman–Crippen MR) is 119 cm³/mol. The van der Waals surface area contributed by atoms with Gasteiger partial charge in [-0.15, -0.1) is 0 Å². The van der Waals surface area contributed by atoms with E-state index in [9.17, 15) is 9.90 Å². The third-order valence-electron chi connectivity index (χ3n) is 5.73. The van der Waals surface area contributed by atoms with Crippen LogP contribution >= 0.6 is 0 Å². The van der Waals surface area contributed by atoms with E-state index < -0.39 is 5.97 Å². The van der Waals surface area contributed by atoms with Crippen molar-refractivity contribution in [3.8, 4) is 11.4 Å². The van der Waals surface area contributed by atoms with E-state index in [4.69, 9.17) is 5.10 Å². The highest BCUT2D eigenvalue weighted by molar-refractivity contribution is 6.02. The molecule has 5 rings (SSSR count). The van der Waals surface area contributed by atoms with Crippen molar-refractivity contribution in [1.82, 2.24) is 24.7 Å². The summed E-state index contributed by atoms with van der Waals surface area (Å²) in [7, 11) is 3.91. The molecule has 1 aliphatic rings. The molecule has 4 aromatic rings. The average Bonchev–Trinajstić information content (AvgIpc) is 3.32. The van der Waals surface area contributed by atoms with Crippen LogP contribution in [0, 0.1) is 6.92 Å². The summed E-state index contributed by atoms with van der Waals surface area (Å²) in [4.78, 5) is 25.8. The largest absolute Gasteiger partial charge is 0.478 e. The van der Waals surface area contributed by atoms with E-state index in [0.717, 1.165) is 52.6 Å². The number of carboxylic acids is 1. The van der Waals surface area contributed by atoms with Gasteiger partial charge < -0.3 is 15.0 Å². The Morgan fingerprint density at radius 1 is 1.26 bits per heavy atom. The van der Waals surface area contributed by atoms with Gasteiger partial charge in [0.1, 0.15) is 11.5 Å². The fraction of sp³-hybridized carbons (Fsp3) is 0.217. The molecule has 0 aromatic carbocycles. The first kappa shape index (κ1) is 19.0. The second-order valence-corrected chi connectivity index (χ2v) is 7.79. The van der Waals surface area contributed by atoms with Gasteiger partial charge >= 0.3 is 5.97 Å². The summed E-state index contributed by atoms with van der Waals surface area (Å²) in [5.41, 5.74) is 7.28. The number of fused-ring (bicyclic) bond motifs is 2. The van der Waals surface area contributed by atoms with Crippen LogP contribution in [-0.4, -0.2) is 42.9 Å². The first-order valence-corrected chi connectivity index (χ1v) is 10.1. The molecular formula is C23H22N6O2. The predicted octanol–water partition coefficient (Wildman–Crippen LogP) is 3.79. The molecule has 0 saturated heterocycles. The molecule has 0 atom stereocenters. The van der Waals surface area contributed by atoms with Gasteiger partial charge in [-0.05, 0) is 43.5 Å². The van der Waals surface area contributed by atoms with Gasteiger partial charge in [0.05, 0.1) is 33.7 Å². The molecule has 31 heavy (non-hydrogen) atoms. The summed E-state index contributed by atoms with van der Waals surface area (Å²) in [5.74, 6) is -0.122. The van der Waals surface area contributed by atoms with Gasteiger partial charge in [0, 0.05) is 32.1 Å². The van der Waals surface area contributed by atoms with Crippen molar-refractivity contribution < 1.29 is 9.90 Å². The minimum Gasteiger partial charge on any atom is -0.478 e. The highest BCUT2D eigenvalue weighted by Gasteiger charge is 2.27. The number of aromatic nitrogens is 5. The van der Waals surface area contributed by atoms with Crippen LogP contribution in [0.3, 0.4) is 0 Å². The normalized spacial score (nSPS) is 13.2. The number of carboxylic acid groups (broad SMARTS) is 1. The van der Waals surface area contributed by atoms with Crippen LogP contribution in [0.1, 0.15) is 33.6 Å². The van der Waals surface area contributed by atoms with Crippen molar-refractivity contribution in [3.05, 3.63) is 65.1 Å². The maximum Gasteiger partial charge on any atom is 0.337 e. The number of carbonyl (C=O) groups is 1. The van der Waals surface area contributed by atoms with Crippen LogP contribution in [0.2, 0.25) is 0 Å². The molecule has 0 radical (unpaired) electrons. The zero-order valence-corrected chi connectivity index (χ0v) is 17.5. The Hall–Kier alpha value is -3.94. The monoisotopic (exact) mass is 414 g/mol. The van der Waals surface area contributed by atoms with E-state index in [2.05, 4.69) is 25.9 Å². The lowest BCUT2D eigenvalue weighted by atomic mass is 9.97. The summed E-state index contributed by atoms with van der Waals surface area (Å²) < 4.78 is 1.85. The molecule has 0 amide bonds. The third kappa shape index (κ3) is 3.07. The van der Waals surface area contributed by atoms with E-state index in [1.807, 2.05) is 50.1 Å². The number of aromatic amines is 1. The second-order valence-electron chi connectivity index (χ2n) is 7.79. The van der Waals surface area contributed by atoms with E-state index in [-0.39, 0.29) is 5.56 Å². The number of hydrogen-bond acceptors (Lipinski definition) is 5. The number of nitrogens with zero attached hydrogens (tertiary/aromatic N) is 5. The SMILES string of the molecule is Cc1ccc(N(C)C2=CCCc3c2nn(C)c3-c2cc3nccc(C(=O)O)c3[nH]2)nc1. The highest BCUT2D eigenvalue weighted by Crippen LogP contribution is 2.36. The van der Waals surface area contributed by atoms with Gasteiger partial charge in [-0.25, -0.2) is 9.78 Å². The molecule has 0 bridgehead atoms. The van der Waals surface area contributed by atoms with Crippen molar-refractivity contribution in [3.63, 3.8) is 0 Å². The molecular weight excluding hydrogens is 392 g/mol. The summed E-state index contributed by atoms with van der Waals surface area (Å²) in [5, 5.41) is 14.3. The zero-order chi connectivity index (χ0) is 21.7. The molecule has 0 aliphatic heterocycles. The Kier molecular flexibility index (Phi) is 4.35. The van der Waals surface area contributed by atoms with Crippen LogP contribution < -0.4 is 4.90 Å². The molecule has 4 aromatic heterocycles. The van der Waals surface area contributed by atoms with Gasteiger partial charge in [0.15, 0.2) is 0 Å². The fourth-order valence-corrected chi connectivity index (χ4v) is 4.21. The number of allylic oxidation sites excluding steroid dienone is 1. The summed E-state index contributed by atoms with van der Waals surface area (Å²) >= 11 is 0. The lowest BCUT2D eigenvalue weighted by molar-refractivity contribution is 0.0698. The molecule has 0 saturated carbocycles. The van der Waals surface area contributed by atoms with Crippen LogP contribution in [0.15, 0.2) is 42.7 Å². The topological polar surface area (TPSA) is 99.9 Å². The second kappa shape index (κ2) is 7.09. The van der Waals surface area contributed by atoms with E-state index in [0.29, 0.717) is 11.0 Å². The van der Waals surface area contributed by atoms with Crippen LogP contribution in [-0.2, 0) is 13.5 Å². The lowest BCUT2D eigenvalue weighted by Gasteiger charge is -2.24. The molecule has 156 valence electrons. The zero-order valence-electron chi connectivity index (χ0n) is 17.5. The maximum absolute atomic E-state index is 11.6. The van der Waals surface area contributed by atoms with Crippen molar-refractivity contribution in [1.29, 1.82) is 0 Å². The lowest BCUT2D eigenvalue weighted by Crippen LogP contribution is -2.19. The fourth-order valence-electron chi connectivity index (χ4n) is 4.21. The molecule has 2 N–H and O–H groups in total. The Labute approximate surface area is 178 Å². The third-order valence-corrected chi connectivity index (χ3v) is 5.73. The van der Waals surface area contributed by atoms with Gasteiger partial charge in [-0.2, -0.15) is 5.10 Å². The minimum atomic E-state index is -0.981. The quantitative estimate of drug-likeness (QED) is 0.527. The number of hydrogen-bond donors (Lipinski definition) is 2. The van der Waals surface area contributed by atoms with Gasteiger partial charge in [-0.3, -0.25) is 9.67 Å². The number of pyridine rings is 2. The summed E-state index contributed by atoms with van der Waals surface area (Å²) in [6, 6.07) is 7.45. The number of rotatable bonds is 4. The average molecular weight is 414 g/mol. The van der Waals surface area contributed by atoms with Crippen LogP contribution in [0.5, 0.6) is 0 Å². The first-order chi connectivity index (χ1) is 14.9. The number of anilines is 1. The Balaban J connectivity index is 1.61. The molecule has 0 spiro atoms. The van der Waals surface area contributed by atoms with Crippen molar-refractivity contribution in [2.45, 2.75) is 19.8 Å². The number of nitrogens with one attached hydrogen (secondary N) is 1. The van der Waals surface area contributed by atoms with Gasteiger partial charge in [-0.1, -0.05) is 12.1 Å². The number of aromatic carboxylic acids is 1. The Bertz CT molecular complexity index is 1350. The maximum atomic E-state index is 11.6. The van der Waals surface area contributed by atoms with E-state index in [1.54, 1.807) is 0 Å². The van der Waals surface area contributed by atoms with Crippen molar-refractivity contribution in [2.24, 2.45) is 7.05 Å². The number of H-pyrrole nitrogens is 1.